The van der Waals surface area contributed by atoms with Gasteiger partial charge in [-0.25, -0.2) is 0 Å². The molecular weight excluding hydrogens is 236 g/mol. The Hall–Kier alpha value is -1.56. The van der Waals surface area contributed by atoms with Gasteiger partial charge in [-0.2, -0.15) is 0 Å². The molecule has 0 unspecified atom stereocenters. The summed E-state index contributed by atoms with van der Waals surface area (Å²) in [4.78, 5) is 0. The smallest absolute Gasteiger partial charge is 0.188 e. The average molecular weight is 254 g/mol. The lowest BCUT2D eigenvalue weighted by Gasteiger charge is -2.12. The van der Waals surface area contributed by atoms with Crippen molar-refractivity contribution in [2.75, 3.05) is 34.4 Å². The maximum atomic E-state index is 8.73. The van der Waals surface area contributed by atoms with Gasteiger partial charge in [0.05, 0.1) is 6.61 Å². The van der Waals surface area contributed by atoms with Gasteiger partial charge in [0, 0.05) is 14.2 Å². The third kappa shape index (κ3) is 4.75. The topological polar surface area (TPSA) is 57.2 Å². The monoisotopic (exact) mass is 254 g/mol. The van der Waals surface area contributed by atoms with Crippen LogP contribution in [0.3, 0.4) is 0 Å². The lowest BCUT2D eigenvalue weighted by atomic mass is 10.2. The standard InChI is InChI=1S/C13H18O5/c1-15-9-17-12-6-5-11(4-3-7-14)8-13(12)18-10-16-2/h3-6,8,14H,7,9-10H2,1-2H3/b4-3+. The molecule has 0 fully saturated rings. The summed E-state index contributed by atoms with van der Waals surface area (Å²) in [5, 5.41) is 8.73. The first-order valence-electron chi connectivity index (χ1n) is 5.46. The van der Waals surface area contributed by atoms with Gasteiger partial charge < -0.3 is 24.1 Å². The third-order valence-corrected chi connectivity index (χ3v) is 2.05. The molecule has 0 aliphatic carbocycles. The zero-order valence-electron chi connectivity index (χ0n) is 10.6. The van der Waals surface area contributed by atoms with E-state index in [2.05, 4.69) is 0 Å². The fourth-order valence-electron chi connectivity index (χ4n) is 1.29. The number of aliphatic hydroxyl groups excluding tert-OH is 1. The van der Waals surface area contributed by atoms with E-state index in [0.29, 0.717) is 11.5 Å². The minimum absolute atomic E-state index is 0.00378. The zero-order valence-corrected chi connectivity index (χ0v) is 10.6. The van der Waals surface area contributed by atoms with Crippen LogP contribution in [0, 0.1) is 0 Å². The number of ether oxygens (including phenoxy) is 4. The van der Waals surface area contributed by atoms with Crippen LogP contribution in [0.5, 0.6) is 11.5 Å². The van der Waals surface area contributed by atoms with E-state index in [1.54, 1.807) is 38.5 Å². The summed E-state index contributed by atoms with van der Waals surface area (Å²) in [6, 6.07) is 5.44. The summed E-state index contributed by atoms with van der Waals surface area (Å²) < 4.78 is 20.5. The second kappa shape index (κ2) is 8.52. The number of rotatable bonds is 8. The largest absolute Gasteiger partial charge is 0.464 e. The number of hydrogen-bond acceptors (Lipinski definition) is 5. The quantitative estimate of drug-likeness (QED) is 0.715. The zero-order chi connectivity index (χ0) is 13.2. The van der Waals surface area contributed by atoms with Crippen molar-refractivity contribution in [2.24, 2.45) is 0 Å². The van der Waals surface area contributed by atoms with Crippen LogP contribution in [0.1, 0.15) is 5.56 Å². The van der Waals surface area contributed by atoms with Crippen molar-refractivity contribution in [3.63, 3.8) is 0 Å². The first-order valence-corrected chi connectivity index (χ1v) is 5.46. The molecule has 0 saturated heterocycles. The summed E-state index contributed by atoms with van der Waals surface area (Å²) in [6.45, 7) is 0.280. The fraction of sp³-hybridized carbons (Fsp3) is 0.385. The molecule has 0 saturated carbocycles. The van der Waals surface area contributed by atoms with E-state index in [-0.39, 0.29) is 20.2 Å². The highest BCUT2D eigenvalue weighted by molar-refractivity contribution is 5.55. The first kappa shape index (κ1) is 14.5. The van der Waals surface area contributed by atoms with E-state index in [0.717, 1.165) is 5.56 Å². The van der Waals surface area contributed by atoms with Gasteiger partial charge in [0.15, 0.2) is 25.1 Å². The Morgan fingerprint density at radius 2 is 1.72 bits per heavy atom. The van der Waals surface area contributed by atoms with E-state index in [4.69, 9.17) is 24.1 Å². The minimum atomic E-state index is -0.00378. The van der Waals surface area contributed by atoms with Gasteiger partial charge in [-0.1, -0.05) is 18.2 Å². The Morgan fingerprint density at radius 1 is 1.06 bits per heavy atom. The van der Waals surface area contributed by atoms with Gasteiger partial charge in [-0.05, 0) is 17.7 Å². The van der Waals surface area contributed by atoms with Crippen molar-refractivity contribution in [3.8, 4) is 11.5 Å². The van der Waals surface area contributed by atoms with Crippen LogP contribution >= 0.6 is 0 Å². The molecule has 0 atom stereocenters. The molecule has 0 aliphatic heterocycles. The Kier molecular flexibility index (Phi) is 6.86. The highest BCUT2D eigenvalue weighted by atomic mass is 16.7. The molecule has 18 heavy (non-hydrogen) atoms. The van der Waals surface area contributed by atoms with Gasteiger partial charge in [0.25, 0.3) is 0 Å². The molecule has 0 amide bonds. The Morgan fingerprint density at radius 3 is 2.33 bits per heavy atom. The van der Waals surface area contributed by atoms with Crippen molar-refractivity contribution >= 4 is 6.08 Å². The van der Waals surface area contributed by atoms with E-state index in [9.17, 15) is 0 Å². The van der Waals surface area contributed by atoms with Crippen LogP contribution in [-0.4, -0.2) is 39.5 Å². The molecule has 1 N–H and O–H groups in total. The van der Waals surface area contributed by atoms with Gasteiger partial charge in [-0.3, -0.25) is 0 Å². The molecule has 0 spiro atoms. The van der Waals surface area contributed by atoms with Gasteiger partial charge in [-0.15, -0.1) is 0 Å². The number of methoxy groups -OCH3 is 2. The number of benzene rings is 1. The molecule has 1 aromatic carbocycles. The maximum Gasteiger partial charge on any atom is 0.188 e. The summed E-state index contributed by atoms with van der Waals surface area (Å²) in [6.07, 6.45) is 3.44. The van der Waals surface area contributed by atoms with E-state index in [1.807, 2.05) is 6.07 Å². The van der Waals surface area contributed by atoms with E-state index >= 15 is 0 Å². The Balaban J connectivity index is 2.84. The molecule has 0 heterocycles. The van der Waals surface area contributed by atoms with Crippen LogP contribution < -0.4 is 9.47 Å². The van der Waals surface area contributed by atoms with Crippen molar-refractivity contribution in [3.05, 3.63) is 29.8 Å². The first-order chi connectivity index (χ1) is 8.81. The lowest BCUT2D eigenvalue weighted by molar-refractivity contribution is 0.0322. The van der Waals surface area contributed by atoms with Crippen LogP contribution in [-0.2, 0) is 9.47 Å². The molecule has 1 aromatic rings. The second-order valence-electron chi connectivity index (χ2n) is 3.39. The summed E-state index contributed by atoms with van der Waals surface area (Å²) in [7, 11) is 3.10. The number of aliphatic hydroxyl groups is 1. The van der Waals surface area contributed by atoms with Crippen molar-refractivity contribution in [1.82, 2.24) is 0 Å². The highest BCUT2D eigenvalue weighted by Gasteiger charge is 2.05. The molecule has 0 bridgehead atoms. The van der Waals surface area contributed by atoms with Gasteiger partial charge in [0.2, 0.25) is 0 Å². The molecule has 5 nitrogen and oxygen atoms in total. The molecule has 1 rings (SSSR count). The van der Waals surface area contributed by atoms with Crippen LogP contribution in [0.4, 0.5) is 0 Å². The number of hydrogen-bond donors (Lipinski definition) is 1. The maximum absolute atomic E-state index is 8.73. The van der Waals surface area contributed by atoms with E-state index in [1.165, 1.54) is 0 Å². The highest BCUT2D eigenvalue weighted by Crippen LogP contribution is 2.29. The second-order valence-corrected chi connectivity index (χ2v) is 3.39. The molecule has 0 aromatic heterocycles. The van der Waals surface area contributed by atoms with Crippen LogP contribution in [0.15, 0.2) is 24.3 Å². The SMILES string of the molecule is COCOc1ccc(/C=C/CO)cc1OCOC. The minimum Gasteiger partial charge on any atom is -0.464 e. The van der Waals surface area contributed by atoms with Crippen LogP contribution in [0.25, 0.3) is 6.08 Å². The Labute approximate surface area is 107 Å². The Bertz CT molecular complexity index is 376. The van der Waals surface area contributed by atoms with Crippen molar-refractivity contribution < 1.29 is 24.1 Å². The summed E-state index contributed by atoms with van der Waals surface area (Å²) in [5.41, 5.74) is 0.903. The predicted molar refractivity (Wildman–Crippen MR) is 67.6 cm³/mol. The lowest BCUT2D eigenvalue weighted by Crippen LogP contribution is -2.04. The van der Waals surface area contributed by atoms with E-state index < -0.39 is 0 Å². The summed E-state index contributed by atoms with van der Waals surface area (Å²) in [5.74, 6) is 1.14. The van der Waals surface area contributed by atoms with Crippen LogP contribution in [0.2, 0.25) is 0 Å². The molecule has 0 aliphatic rings. The molecule has 0 radical (unpaired) electrons. The van der Waals surface area contributed by atoms with Gasteiger partial charge >= 0.3 is 0 Å². The molecule has 5 heteroatoms. The summed E-state index contributed by atoms with van der Waals surface area (Å²) >= 11 is 0. The predicted octanol–water partition coefficient (Wildman–Crippen LogP) is 1.66. The molecular formula is C13H18O5. The van der Waals surface area contributed by atoms with Crippen molar-refractivity contribution in [2.45, 2.75) is 0 Å². The average Bonchev–Trinajstić information content (AvgIpc) is 2.41. The van der Waals surface area contributed by atoms with Gasteiger partial charge in [0.1, 0.15) is 0 Å². The third-order valence-electron chi connectivity index (χ3n) is 2.05. The molecule has 100 valence electrons. The van der Waals surface area contributed by atoms with Crippen molar-refractivity contribution in [1.29, 1.82) is 0 Å². The normalized spacial score (nSPS) is 10.8. The fourth-order valence-corrected chi connectivity index (χ4v) is 1.29.